The molecule has 2 heteroatoms. The standard InChI is InChI=1S/C15H16ClN/c1-5-13(11-17(3)4)9-10-14-7-6-8-15(16)12(14)2/h5-8,11H,1H2,2-4H3/b13-11+. The highest BCUT2D eigenvalue weighted by atomic mass is 35.5. The van der Waals surface area contributed by atoms with Gasteiger partial charge in [0.1, 0.15) is 0 Å². The van der Waals surface area contributed by atoms with Crippen molar-refractivity contribution < 1.29 is 0 Å². The fourth-order valence-corrected chi connectivity index (χ4v) is 1.47. The molecular weight excluding hydrogens is 230 g/mol. The Morgan fingerprint density at radius 3 is 2.71 bits per heavy atom. The maximum atomic E-state index is 6.04. The summed E-state index contributed by atoms with van der Waals surface area (Å²) in [6, 6.07) is 5.74. The SMILES string of the molecule is C=C/C(C#Cc1cccc(Cl)c1C)=C\N(C)C. The van der Waals surface area contributed by atoms with Crippen LogP contribution in [-0.4, -0.2) is 19.0 Å². The van der Waals surface area contributed by atoms with E-state index in [0.717, 1.165) is 21.7 Å². The second-order valence-corrected chi connectivity index (χ2v) is 4.32. The minimum absolute atomic E-state index is 0.744. The molecule has 0 N–H and O–H groups in total. The number of halogens is 1. The van der Waals surface area contributed by atoms with Gasteiger partial charge in [-0.15, -0.1) is 0 Å². The summed E-state index contributed by atoms with van der Waals surface area (Å²) in [6.07, 6.45) is 3.67. The Kier molecular flexibility index (Phi) is 4.87. The molecule has 0 radical (unpaired) electrons. The molecule has 0 fully saturated rings. The van der Waals surface area contributed by atoms with Crippen LogP contribution in [0.1, 0.15) is 11.1 Å². The number of nitrogens with zero attached hydrogens (tertiary/aromatic N) is 1. The van der Waals surface area contributed by atoms with Crippen molar-refractivity contribution in [1.82, 2.24) is 4.90 Å². The van der Waals surface area contributed by atoms with E-state index in [1.165, 1.54) is 0 Å². The maximum Gasteiger partial charge on any atom is 0.0447 e. The Bertz CT molecular complexity index is 501. The highest BCUT2D eigenvalue weighted by Gasteiger charge is 1.98. The van der Waals surface area contributed by atoms with Crippen LogP contribution in [0.15, 0.2) is 42.6 Å². The number of benzene rings is 1. The normalized spacial score (nSPS) is 10.5. The fourth-order valence-electron chi connectivity index (χ4n) is 1.30. The molecule has 0 amide bonds. The van der Waals surface area contributed by atoms with E-state index in [1.807, 2.05) is 50.3 Å². The summed E-state index contributed by atoms with van der Waals surface area (Å²) in [6.45, 7) is 5.71. The lowest BCUT2D eigenvalue weighted by Gasteiger charge is -2.04. The van der Waals surface area contributed by atoms with E-state index in [1.54, 1.807) is 6.08 Å². The number of allylic oxidation sites excluding steroid dienone is 2. The Labute approximate surface area is 108 Å². The van der Waals surface area contributed by atoms with Crippen molar-refractivity contribution in [2.24, 2.45) is 0 Å². The Morgan fingerprint density at radius 1 is 1.41 bits per heavy atom. The molecule has 0 bridgehead atoms. The average molecular weight is 246 g/mol. The molecule has 0 atom stereocenters. The van der Waals surface area contributed by atoms with E-state index in [-0.39, 0.29) is 0 Å². The van der Waals surface area contributed by atoms with Crippen molar-refractivity contribution in [3.8, 4) is 11.8 Å². The zero-order valence-electron chi connectivity index (χ0n) is 10.4. The molecule has 0 saturated carbocycles. The monoisotopic (exact) mass is 245 g/mol. The Hall–Kier alpha value is -1.65. The largest absolute Gasteiger partial charge is 0.382 e. The van der Waals surface area contributed by atoms with Crippen molar-refractivity contribution in [3.63, 3.8) is 0 Å². The van der Waals surface area contributed by atoms with E-state index in [4.69, 9.17) is 11.6 Å². The number of hydrogen-bond acceptors (Lipinski definition) is 1. The van der Waals surface area contributed by atoms with Crippen LogP contribution >= 0.6 is 11.6 Å². The molecule has 0 unspecified atom stereocenters. The third-order valence-electron chi connectivity index (χ3n) is 2.23. The molecule has 88 valence electrons. The quantitative estimate of drug-likeness (QED) is 0.568. The van der Waals surface area contributed by atoms with Gasteiger partial charge in [0.25, 0.3) is 0 Å². The van der Waals surface area contributed by atoms with Gasteiger partial charge < -0.3 is 4.90 Å². The van der Waals surface area contributed by atoms with Crippen molar-refractivity contribution in [2.45, 2.75) is 6.92 Å². The summed E-state index contributed by atoms with van der Waals surface area (Å²) >= 11 is 6.04. The van der Waals surface area contributed by atoms with Crippen LogP contribution in [-0.2, 0) is 0 Å². The van der Waals surface area contributed by atoms with Crippen molar-refractivity contribution in [3.05, 3.63) is 58.8 Å². The summed E-state index contributed by atoms with van der Waals surface area (Å²) in [5.74, 6) is 6.19. The molecule has 17 heavy (non-hydrogen) atoms. The van der Waals surface area contributed by atoms with Crippen LogP contribution in [0.4, 0.5) is 0 Å². The zero-order valence-corrected chi connectivity index (χ0v) is 11.2. The summed E-state index contributed by atoms with van der Waals surface area (Å²) in [5, 5.41) is 0.744. The third kappa shape index (κ3) is 4.01. The molecule has 1 aromatic rings. The van der Waals surface area contributed by atoms with E-state index >= 15 is 0 Å². The Morgan fingerprint density at radius 2 is 2.12 bits per heavy atom. The van der Waals surface area contributed by atoms with E-state index in [9.17, 15) is 0 Å². The lowest BCUT2D eigenvalue weighted by Crippen LogP contribution is -2.01. The van der Waals surface area contributed by atoms with Gasteiger partial charge in [-0.25, -0.2) is 0 Å². The van der Waals surface area contributed by atoms with Crippen LogP contribution in [0, 0.1) is 18.8 Å². The van der Waals surface area contributed by atoms with Gasteiger partial charge in [-0.05, 0) is 24.6 Å². The van der Waals surface area contributed by atoms with Gasteiger partial charge in [0.2, 0.25) is 0 Å². The fraction of sp³-hybridized carbons (Fsp3) is 0.200. The first-order valence-corrected chi connectivity index (χ1v) is 5.70. The van der Waals surface area contributed by atoms with E-state index < -0.39 is 0 Å². The predicted octanol–water partition coefficient (Wildman–Crippen LogP) is 3.63. The molecule has 1 rings (SSSR count). The van der Waals surface area contributed by atoms with Crippen LogP contribution < -0.4 is 0 Å². The predicted molar refractivity (Wildman–Crippen MR) is 75.0 cm³/mol. The first-order chi connectivity index (χ1) is 8.04. The third-order valence-corrected chi connectivity index (χ3v) is 2.64. The van der Waals surface area contributed by atoms with Crippen LogP contribution in [0.2, 0.25) is 5.02 Å². The van der Waals surface area contributed by atoms with Crippen LogP contribution in [0.3, 0.4) is 0 Å². The lowest BCUT2D eigenvalue weighted by atomic mass is 10.1. The maximum absolute atomic E-state index is 6.04. The second kappa shape index (κ2) is 6.18. The van der Waals surface area contributed by atoms with Gasteiger partial charge in [-0.3, -0.25) is 0 Å². The molecule has 0 aliphatic carbocycles. The van der Waals surface area contributed by atoms with Crippen molar-refractivity contribution in [2.75, 3.05) is 14.1 Å². The minimum Gasteiger partial charge on any atom is -0.382 e. The van der Waals surface area contributed by atoms with Crippen LogP contribution in [0.5, 0.6) is 0 Å². The molecule has 1 nitrogen and oxygen atoms in total. The minimum atomic E-state index is 0.744. The second-order valence-electron chi connectivity index (χ2n) is 3.91. The van der Waals surface area contributed by atoms with Gasteiger partial charge >= 0.3 is 0 Å². The first kappa shape index (κ1) is 13.4. The molecule has 0 spiro atoms. The number of hydrogen-bond donors (Lipinski definition) is 0. The average Bonchev–Trinajstić information content (AvgIpc) is 2.28. The van der Waals surface area contributed by atoms with Gasteiger partial charge in [-0.2, -0.15) is 0 Å². The highest BCUT2D eigenvalue weighted by Crippen LogP contribution is 2.17. The lowest BCUT2D eigenvalue weighted by molar-refractivity contribution is 0.562. The zero-order chi connectivity index (χ0) is 12.8. The van der Waals surface area contributed by atoms with Gasteiger partial charge in [0.15, 0.2) is 0 Å². The summed E-state index contributed by atoms with van der Waals surface area (Å²) in [5.41, 5.74) is 2.84. The summed E-state index contributed by atoms with van der Waals surface area (Å²) in [4.78, 5) is 1.94. The van der Waals surface area contributed by atoms with E-state index in [2.05, 4.69) is 18.4 Å². The molecule has 0 heterocycles. The summed E-state index contributed by atoms with van der Waals surface area (Å²) in [7, 11) is 3.91. The molecule has 0 aliphatic heterocycles. The van der Waals surface area contributed by atoms with Gasteiger partial charge in [0, 0.05) is 36.5 Å². The summed E-state index contributed by atoms with van der Waals surface area (Å²) < 4.78 is 0. The Balaban J connectivity index is 3.06. The van der Waals surface area contributed by atoms with Gasteiger partial charge in [0.05, 0.1) is 0 Å². The number of rotatable bonds is 2. The first-order valence-electron chi connectivity index (χ1n) is 5.32. The molecule has 0 aliphatic rings. The molecule has 0 saturated heterocycles. The highest BCUT2D eigenvalue weighted by molar-refractivity contribution is 6.31. The van der Waals surface area contributed by atoms with Gasteiger partial charge in [-0.1, -0.05) is 42.2 Å². The molecule has 0 aromatic heterocycles. The van der Waals surface area contributed by atoms with Crippen LogP contribution in [0.25, 0.3) is 0 Å². The van der Waals surface area contributed by atoms with Crippen molar-refractivity contribution in [1.29, 1.82) is 0 Å². The van der Waals surface area contributed by atoms with E-state index in [0.29, 0.717) is 0 Å². The topological polar surface area (TPSA) is 3.24 Å². The molecular formula is C15H16ClN. The van der Waals surface area contributed by atoms with Crippen molar-refractivity contribution >= 4 is 11.6 Å². The smallest absolute Gasteiger partial charge is 0.0447 e. The molecule has 1 aromatic carbocycles.